The molecule has 3 heterocycles. The molecule has 1 amide bonds. The molecule has 0 unspecified atom stereocenters. The lowest BCUT2D eigenvalue weighted by Gasteiger charge is -2.35. The van der Waals surface area contributed by atoms with E-state index in [1.165, 1.54) is 0 Å². The number of carbonyl (C=O) groups excluding carboxylic acids is 1. The number of hydrogen-bond acceptors (Lipinski definition) is 6. The molecule has 1 aromatic carbocycles. The minimum Gasteiger partial charge on any atom is -0.497 e. The molecule has 2 fully saturated rings. The number of anilines is 1. The summed E-state index contributed by atoms with van der Waals surface area (Å²) in [4.78, 5) is 16.8. The summed E-state index contributed by atoms with van der Waals surface area (Å²) in [6.07, 6.45) is 4.04. The second-order valence-corrected chi connectivity index (χ2v) is 6.94. The van der Waals surface area contributed by atoms with Crippen molar-refractivity contribution >= 4 is 11.6 Å². The number of methoxy groups -OCH3 is 1. The molecule has 1 aromatic heterocycles. The van der Waals surface area contributed by atoms with Crippen molar-refractivity contribution in [1.29, 1.82) is 0 Å². The first-order valence-corrected chi connectivity index (χ1v) is 9.43. The van der Waals surface area contributed by atoms with Gasteiger partial charge in [0.05, 0.1) is 26.0 Å². The number of nitrogens with zero attached hydrogens (tertiary/aromatic N) is 5. The third-order valence-corrected chi connectivity index (χ3v) is 5.16. The Morgan fingerprint density at radius 2 is 2.15 bits per heavy atom. The minimum atomic E-state index is -0.0566. The first kappa shape index (κ1) is 17.8. The molecule has 27 heavy (non-hydrogen) atoms. The zero-order chi connectivity index (χ0) is 18.6. The van der Waals surface area contributed by atoms with Gasteiger partial charge in [0.2, 0.25) is 0 Å². The lowest BCUT2D eigenvalue weighted by Crippen LogP contribution is -2.48. The molecule has 2 aromatic rings. The lowest BCUT2D eigenvalue weighted by molar-refractivity contribution is 0.0740. The number of amides is 1. The van der Waals surface area contributed by atoms with Crippen LogP contribution in [0, 0.1) is 0 Å². The van der Waals surface area contributed by atoms with Gasteiger partial charge < -0.3 is 19.3 Å². The first-order valence-electron chi connectivity index (χ1n) is 9.43. The Balaban J connectivity index is 1.33. The Morgan fingerprint density at radius 3 is 2.89 bits per heavy atom. The van der Waals surface area contributed by atoms with E-state index in [1.54, 1.807) is 18.0 Å². The van der Waals surface area contributed by atoms with Crippen LogP contribution in [0.25, 0.3) is 0 Å². The normalized spacial score (nSPS) is 20.1. The highest BCUT2D eigenvalue weighted by molar-refractivity contribution is 5.92. The molecule has 2 saturated heterocycles. The second kappa shape index (κ2) is 7.96. The summed E-state index contributed by atoms with van der Waals surface area (Å²) in [5.74, 6) is 0.785. The molecule has 0 spiro atoms. The van der Waals surface area contributed by atoms with Gasteiger partial charge in [-0.05, 0) is 25.0 Å². The van der Waals surface area contributed by atoms with Crippen LogP contribution in [0.1, 0.15) is 23.3 Å². The average Bonchev–Trinajstić information content (AvgIpc) is 3.40. The van der Waals surface area contributed by atoms with Gasteiger partial charge in [0, 0.05) is 44.5 Å². The van der Waals surface area contributed by atoms with E-state index >= 15 is 0 Å². The zero-order valence-electron chi connectivity index (χ0n) is 15.6. The van der Waals surface area contributed by atoms with Gasteiger partial charge in [-0.3, -0.25) is 4.79 Å². The maximum atomic E-state index is 12.7. The van der Waals surface area contributed by atoms with Crippen molar-refractivity contribution in [3.63, 3.8) is 0 Å². The van der Waals surface area contributed by atoms with Crippen molar-refractivity contribution in [3.05, 3.63) is 36.2 Å². The van der Waals surface area contributed by atoms with E-state index in [1.807, 2.05) is 23.1 Å². The van der Waals surface area contributed by atoms with Crippen molar-refractivity contribution in [1.82, 2.24) is 19.9 Å². The molecule has 0 aliphatic carbocycles. The summed E-state index contributed by atoms with van der Waals surface area (Å²) in [5.41, 5.74) is 1.52. The SMILES string of the molecule is COc1cccc(N2CCN(C(=O)c3cn(C[C@H]4CCCO4)nn3)CC2)c1. The van der Waals surface area contributed by atoms with E-state index in [0.29, 0.717) is 25.3 Å². The summed E-state index contributed by atoms with van der Waals surface area (Å²) in [7, 11) is 1.67. The van der Waals surface area contributed by atoms with Gasteiger partial charge in [-0.1, -0.05) is 11.3 Å². The standard InChI is InChI=1S/C19H25N5O3/c1-26-16-5-2-4-15(12-16)22-7-9-23(10-8-22)19(25)18-14-24(21-20-18)13-17-6-3-11-27-17/h2,4-5,12,14,17H,3,6-11,13H2,1H3/t17-/m1/s1. The van der Waals surface area contributed by atoms with Gasteiger partial charge in [-0.25, -0.2) is 4.68 Å². The summed E-state index contributed by atoms with van der Waals surface area (Å²) in [5, 5.41) is 8.16. The van der Waals surface area contributed by atoms with Gasteiger partial charge in [-0.2, -0.15) is 0 Å². The number of rotatable bonds is 5. The number of carbonyl (C=O) groups is 1. The maximum absolute atomic E-state index is 12.7. The maximum Gasteiger partial charge on any atom is 0.276 e. The van der Waals surface area contributed by atoms with Gasteiger partial charge in [0.1, 0.15) is 5.75 Å². The molecule has 2 aliphatic heterocycles. The van der Waals surface area contributed by atoms with Crippen LogP contribution in [0.4, 0.5) is 5.69 Å². The van der Waals surface area contributed by atoms with E-state index in [9.17, 15) is 4.79 Å². The molecular weight excluding hydrogens is 346 g/mol. The molecular formula is C19H25N5O3. The van der Waals surface area contributed by atoms with Crippen LogP contribution in [0.5, 0.6) is 5.75 Å². The molecule has 144 valence electrons. The van der Waals surface area contributed by atoms with E-state index < -0.39 is 0 Å². The van der Waals surface area contributed by atoms with Gasteiger partial charge in [0.15, 0.2) is 5.69 Å². The van der Waals surface area contributed by atoms with E-state index in [2.05, 4.69) is 21.3 Å². The van der Waals surface area contributed by atoms with E-state index in [4.69, 9.17) is 9.47 Å². The fraction of sp³-hybridized carbons (Fsp3) is 0.526. The molecule has 0 bridgehead atoms. The summed E-state index contributed by atoms with van der Waals surface area (Å²) in [6.45, 7) is 4.35. The molecule has 1 atom stereocenters. The number of aromatic nitrogens is 3. The molecule has 2 aliphatic rings. The van der Waals surface area contributed by atoms with Crippen molar-refractivity contribution in [2.24, 2.45) is 0 Å². The van der Waals surface area contributed by atoms with E-state index in [-0.39, 0.29) is 12.0 Å². The van der Waals surface area contributed by atoms with Crippen LogP contribution in [0.15, 0.2) is 30.5 Å². The number of ether oxygens (including phenoxy) is 2. The first-order chi connectivity index (χ1) is 13.2. The Labute approximate surface area is 158 Å². The Hall–Kier alpha value is -2.61. The second-order valence-electron chi connectivity index (χ2n) is 6.94. The smallest absolute Gasteiger partial charge is 0.276 e. The Kier molecular flexibility index (Phi) is 5.24. The van der Waals surface area contributed by atoms with Gasteiger partial charge >= 0.3 is 0 Å². The highest BCUT2D eigenvalue weighted by atomic mass is 16.5. The van der Waals surface area contributed by atoms with Crippen LogP contribution in [0.2, 0.25) is 0 Å². The van der Waals surface area contributed by atoms with Gasteiger partial charge in [0.25, 0.3) is 5.91 Å². The molecule has 4 rings (SSSR count). The lowest BCUT2D eigenvalue weighted by atomic mass is 10.2. The quantitative estimate of drug-likeness (QED) is 0.792. The summed E-state index contributed by atoms with van der Waals surface area (Å²) < 4.78 is 12.6. The van der Waals surface area contributed by atoms with Crippen molar-refractivity contribution < 1.29 is 14.3 Å². The monoisotopic (exact) mass is 371 g/mol. The molecule has 0 radical (unpaired) electrons. The summed E-state index contributed by atoms with van der Waals surface area (Å²) in [6, 6.07) is 8.01. The Morgan fingerprint density at radius 1 is 1.30 bits per heavy atom. The minimum absolute atomic E-state index is 0.0566. The van der Waals surface area contributed by atoms with Crippen LogP contribution in [-0.2, 0) is 11.3 Å². The van der Waals surface area contributed by atoms with Crippen LogP contribution in [-0.4, -0.2) is 71.8 Å². The number of hydrogen-bond donors (Lipinski definition) is 0. The van der Waals surface area contributed by atoms with Crippen LogP contribution >= 0.6 is 0 Å². The fourth-order valence-electron chi connectivity index (χ4n) is 3.62. The third-order valence-electron chi connectivity index (χ3n) is 5.16. The van der Waals surface area contributed by atoms with Gasteiger partial charge in [-0.15, -0.1) is 5.10 Å². The molecule has 0 saturated carbocycles. The van der Waals surface area contributed by atoms with Crippen molar-refractivity contribution in [3.8, 4) is 5.75 Å². The number of piperazine rings is 1. The third kappa shape index (κ3) is 4.05. The number of benzene rings is 1. The van der Waals surface area contributed by atoms with Crippen LogP contribution in [0.3, 0.4) is 0 Å². The predicted octanol–water partition coefficient (Wildman–Crippen LogP) is 1.43. The van der Waals surface area contributed by atoms with E-state index in [0.717, 1.165) is 44.0 Å². The van der Waals surface area contributed by atoms with Crippen molar-refractivity contribution in [2.75, 3.05) is 44.8 Å². The molecule has 8 heteroatoms. The highest BCUT2D eigenvalue weighted by Gasteiger charge is 2.25. The summed E-state index contributed by atoms with van der Waals surface area (Å²) >= 11 is 0. The zero-order valence-corrected chi connectivity index (χ0v) is 15.6. The predicted molar refractivity (Wildman–Crippen MR) is 100 cm³/mol. The average molecular weight is 371 g/mol. The molecule has 0 N–H and O–H groups in total. The molecule has 8 nitrogen and oxygen atoms in total. The highest BCUT2D eigenvalue weighted by Crippen LogP contribution is 2.22. The van der Waals surface area contributed by atoms with Crippen molar-refractivity contribution in [2.45, 2.75) is 25.5 Å². The topological polar surface area (TPSA) is 72.7 Å². The largest absolute Gasteiger partial charge is 0.497 e. The van der Waals surface area contributed by atoms with Crippen LogP contribution < -0.4 is 9.64 Å². The fourth-order valence-corrected chi connectivity index (χ4v) is 3.62. The Bertz CT molecular complexity index is 779.